The Morgan fingerprint density at radius 3 is 2.38 bits per heavy atom. The average molecular weight is 579 g/mol. The number of alkyl halides is 5. The van der Waals surface area contributed by atoms with Crippen LogP contribution in [0.4, 0.5) is 22.0 Å². The van der Waals surface area contributed by atoms with Crippen LogP contribution in [0.25, 0.3) is 11.3 Å². The third-order valence-electron chi connectivity index (χ3n) is 7.28. The lowest BCUT2D eigenvalue weighted by Crippen LogP contribution is -2.43. The SMILES string of the molecule is Cl.O=C(O)C[C@H](CCN1CCC(F)(F)CC1)NC(=O)c1cc(-c2ccccc2C(F)(F)F)n(C2CCCC2)n1. The summed E-state index contributed by atoms with van der Waals surface area (Å²) in [5, 5.41) is 16.4. The number of nitrogens with zero attached hydrogens (tertiary/aromatic N) is 3. The van der Waals surface area contributed by atoms with E-state index in [2.05, 4.69) is 10.4 Å². The summed E-state index contributed by atoms with van der Waals surface area (Å²) in [6.07, 6.45) is -2.08. The molecule has 2 aromatic rings. The smallest absolute Gasteiger partial charge is 0.417 e. The molecule has 13 heteroatoms. The molecule has 0 radical (unpaired) electrons. The molecule has 2 heterocycles. The Kier molecular flexibility index (Phi) is 9.98. The standard InChI is InChI=1S/C26H31F5N4O3.ClH/c27-25(28)10-13-34(14-11-25)12-9-17(15-23(36)37)32-24(38)21-16-22(35(33-21)18-5-1-2-6-18)19-7-3-4-8-20(19)26(29,30)31;/h3-4,7-8,16-18H,1-2,5-6,9-15H2,(H,32,38)(H,36,37);1H/t17-;/m0./s1. The molecule has 2 fully saturated rings. The van der Waals surface area contributed by atoms with Gasteiger partial charge in [-0.25, -0.2) is 8.78 Å². The molecule has 0 unspecified atom stereocenters. The number of hydrogen-bond donors (Lipinski definition) is 2. The van der Waals surface area contributed by atoms with E-state index < -0.39 is 35.6 Å². The van der Waals surface area contributed by atoms with Gasteiger partial charge in [-0.15, -0.1) is 12.4 Å². The van der Waals surface area contributed by atoms with E-state index in [1.54, 1.807) is 4.90 Å². The van der Waals surface area contributed by atoms with Gasteiger partial charge >= 0.3 is 12.1 Å². The number of carbonyl (C=O) groups excluding carboxylic acids is 1. The number of nitrogens with one attached hydrogen (secondary N) is 1. The lowest BCUT2D eigenvalue weighted by Gasteiger charge is -2.32. The number of benzene rings is 1. The van der Waals surface area contributed by atoms with Crippen molar-refractivity contribution in [2.75, 3.05) is 19.6 Å². The van der Waals surface area contributed by atoms with E-state index in [0.717, 1.165) is 31.7 Å². The fraction of sp³-hybridized carbons (Fsp3) is 0.577. The third kappa shape index (κ3) is 7.91. The van der Waals surface area contributed by atoms with E-state index in [-0.39, 0.29) is 74.2 Å². The molecule has 2 N–H and O–H groups in total. The number of carboxylic acids is 1. The molecule has 4 rings (SSSR count). The number of halogens is 6. The second-order valence-electron chi connectivity index (χ2n) is 10.1. The van der Waals surface area contributed by atoms with Gasteiger partial charge in [0.1, 0.15) is 0 Å². The summed E-state index contributed by atoms with van der Waals surface area (Å²) in [6.45, 7) is 0.679. The number of carboxylic acid groups (broad SMARTS) is 1. The summed E-state index contributed by atoms with van der Waals surface area (Å²) in [7, 11) is 0. The molecule has 2 aliphatic rings. The summed E-state index contributed by atoms with van der Waals surface area (Å²) in [5.41, 5.74) is -0.833. The first-order chi connectivity index (χ1) is 17.9. The molecule has 1 aromatic heterocycles. The zero-order chi connectivity index (χ0) is 27.5. The van der Waals surface area contributed by atoms with Crippen molar-refractivity contribution in [1.82, 2.24) is 20.0 Å². The van der Waals surface area contributed by atoms with E-state index in [9.17, 15) is 36.6 Å². The zero-order valence-electron chi connectivity index (χ0n) is 21.2. The van der Waals surface area contributed by atoms with Crippen LogP contribution in [0.5, 0.6) is 0 Å². The molecular weight excluding hydrogens is 547 g/mol. The van der Waals surface area contributed by atoms with Crippen molar-refractivity contribution in [3.05, 3.63) is 41.6 Å². The first-order valence-electron chi connectivity index (χ1n) is 12.8. The number of aliphatic carboxylic acids is 1. The summed E-state index contributed by atoms with van der Waals surface area (Å²) >= 11 is 0. The second kappa shape index (κ2) is 12.6. The molecule has 39 heavy (non-hydrogen) atoms. The van der Waals surface area contributed by atoms with E-state index in [1.165, 1.54) is 28.9 Å². The topological polar surface area (TPSA) is 87.5 Å². The summed E-state index contributed by atoms with van der Waals surface area (Å²) in [4.78, 5) is 26.4. The third-order valence-corrected chi connectivity index (χ3v) is 7.28. The van der Waals surface area contributed by atoms with Gasteiger partial charge in [0, 0.05) is 44.1 Å². The van der Waals surface area contributed by atoms with Crippen molar-refractivity contribution >= 4 is 24.3 Å². The predicted octanol–water partition coefficient (Wildman–Crippen LogP) is 5.80. The highest BCUT2D eigenvalue weighted by Crippen LogP contribution is 2.40. The van der Waals surface area contributed by atoms with Gasteiger partial charge in [-0.1, -0.05) is 31.0 Å². The molecule has 0 spiro atoms. The van der Waals surface area contributed by atoms with E-state index in [4.69, 9.17) is 0 Å². The fourth-order valence-corrected chi connectivity index (χ4v) is 5.22. The molecule has 0 bridgehead atoms. The quantitative estimate of drug-likeness (QED) is 0.367. The number of rotatable bonds is 9. The minimum Gasteiger partial charge on any atom is -0.481 e. The number of amides is 1. The number of likely N-dealkylation sites (tertiary alicyclic amines) is 1. The maximum atomic E-state index is 13.8. The largest absolute Gasteiger partial charge is 0.481 e. The molecule has 1 amide bonds. The second-order valence-corrected chi connectivity index (χ2v) is 10.1. The van der Waals surface area contributed by atoms with Crippen LogP contribution in [0, 0.1) is 0 Å². The average Bonchev–Trinajstić information content (AvgIpc) is 3.52. The summed E-state index contributed by atoms with van der Waals surface area (Å²) in [5.74, 6) is -4.54. The molecule has 1 saturated carbocycles. The normalized spacial score (nSPS) is 18.9. The maximum Gasteiger partial charge on any atom is 0.417 e. The lowest BCUT2D eigenvalue weighted by molar-refractivity contribution is -0.138. The molecular formula is C26H32ClF5N4O3. The van der Waals surface area contributed by atoms with Gasteiger partial charge < -0.3 is 15.3 Å². The Hall–Kier alpha value is -2.73. The van der Waals surface area contributed by atoms with Gasteiger partial charge in [-0.3, -0.25) is 14.3 Å². The van der Waals surface area contributed by atoms with Crippen molar-refractivity contribution < 1.29 is 36.6 Å². The van der Waals surface area contributed by atoms with E-state index >= 15 is 0 Å². The Labute approximate surface area is 229 Å². The molecule has 1 aliphatic carbocycles. The lowest BCUT2D eigenvalue weighted by atomic mass is 10.0. The monoisotopic (exact) mass is 578 g/mol. The first-order valence-corrected chi connectivity index (χ1v) is 12.8. The Balaban J connectivity index is 0.00000420. The number of hydrogen-bond acceptors (Lipinski definition) is 4. The minimum atomic E-state index is -4.60. The molecule has 216 valence electrons. The van der Waals surface area contributed by atoms with Gasteiger partial charge in [-0.2, -0.15) is 18.3 Å². The van der Waals surface area contributed by atoms with Gasteiger partial charge in [-0.05, 0) is 31.4 Å². The highest BCUT2D eigenvalue weighted by molar-refractivity contribution is 5.94. The van der Waals surface area contributed by atoms with Crippen LogP contribution in [-0.4, -0.2) is 63.3 Å². The van der Waals surface area contributed by atoms with Gasteiger partial charge in [0.15, 0.2) is 5.69 Å². The van der Waals surface area contributed by atoms with Crippen LogP contribution in [0.2, 0.25) is 0 Å². The highest BCUT2D eigenvalue weighted by Gasteiger charge is 2.36. The maximum absolute atomic E-state index is 13.8. The van der Waals surface area contributed by atoms with Crippen molar-refractivity contribution in [2.24, 2.45) is 0 Å². The van der Waals surface area contributed by atoms with Crippen molar-refractivity contribution in [3.63, 3.8) is 0 Å². The van der Waals surface area contributed by atoms with Crippen LogP contribution in [0.1, 0.15) is 73.5 Å². The molecule has 1 aliphatic heterocycles. The summed E-state index contributed by atoms with van der Waals surface area (Å²) < 4.78 is 69.7. The van der Waals surface area contributed by atoms with Crippen molar-refractivity contribution in [3.8, 4) is 11.3 Å². The van der Waals surface area contributed by atoms with Crippen LogP contribution in [0.15, 0.2) is 30.3 Å². The number of carbonyl (C=O) groups is 2. The molecule has 1 aromatic carbocycles. The van der Waals surface area contributed by atoms with Gasteiger partial charge in [0.25, 0.3) is 11.8 Å². The Bertz CT molecular complexity index is 1140. The van der Waals surface area contributed by atoms with E-state index in [0.29, 0.717) is 6.54 Å². The van der Waals surface area contributed by atoms with Crippen LogP contribution in [-0.2, 0) is 11.0 Å². The van der Waals surface area contributed by atoms with Gasteiger partial charge in [0.05, 0.1) is 23.7 Å². The predicted molar refractivity (Wildman–Crippen MR) is 136 cm³/mol. The van der Waals surface area contributed by atoms with E-state index in [1.807, 2.05) is 0 Å². The molecule has 7 nitrogen and oxygen atoms in total. The zero-order valence-corrected chi connectivity index (χ0v) is 22.0. The van der Waals surface area contributed by atoms with Gasteiger partial charge in [0.2, 0.25) is 0 Å². The van der Waals surface area contributed by atoms with Crippen molar-refractivity contribution in [1.29, 1.82) is 0 Å². The fourth-order valence-electron chi connectivity index (χ4n) is 5.22. The Morgan fingerprint density at radius 1 is 1.13 bits per heavy atom. The molecule has 1 atom stereocenters. The molecule has 1 saturated heterocycles. The van der Waals surface area contributed by atoms with Crippen LogP contribution in [0.3, 0.4) is 0 Å². The van der Waals surface area contributed by atoms with Crippen molar-refractivity contribution in [2.45, 2.75) is 75.5 Å². The highest BCUT2D eigenvalue weighted by atomic mass is 35.5. The van der Waals surface area contributed by atoms with Crippen LogP contribution >= 0.6 is 12.4 Å². The first kappa shape index (κ1) is 30.8. The minimum absolute atomic E-state index is 0. The summed E-state index contributed by atoms with van der Waals surface area (Å²) in [6, 6.07) is 5.50. The number of piperidine rings is 1. The Morgan fingerprint density at radius 2 is 1.77 bits per heavy atom. The number of aromatic nitrogens is 2. The van der Waals surface area contributed by atoms with Crippen LogP contribution < -0.4 is 5.32 Å².